The van der Waals surface area contributed by atoms with E-state index in [1.807, 2.05) is 0 Å². The van der Waals surface area contributed by atoms with Gasteiger partial charge in [-0.25, -0.2) is 13.2 Å². The third-order valence-corrected chi connectivity index (χ3v) is 2.47. The standard InChI is InChI=1S/C8H12F4O2.C3H2F6O/c1-3-5(2)7(13)14-6(4-9)8(10,11)12;4-1(5)2(6,10)3(7,8)9/h5-6H,3-4H2,1-2H3;1,10H. The number of esters is 1. The molecular weight excluding hydrogens is 370 g/mol. The van der Waals surface area contributed by atoms with Crippen LogP contribution in [0, 0.1) is 5.92 Å². The van der Waals surface area contributed by atoms with Crippen molar-refractivity contribution < 1.29 is 58.5 Å². The Balaban J connectivity index is 0. The van der Waals surface area contributed by atoms with Crippen molar-refractivity contribution in [2.75, 3.05) is 6.67 Å². The average molecular weight is 384 g/mol. The van der Waals surface area contributed by atoms with Crippen LogP contribution in [0.5, 0.6) is 0 Å². The summed E-state index contributed by atoms with van der Waals surface area (Å²) in [6.07, 6.45) is -17.5. The molecule has 0 radical (unpaired) electrons. The van der Waals surface area contributed by atoms with E-state index in [2.05, 4.69) is 4.74 Å². The molecule has 3 atom stereocenters. The third-order valence-electron chi connectivity index (χ3n) is 2.47. The van der Waals surface area contributed by atoms with Gasteiger partial charge in [-0.05, 0) is 6.42 Å². The van der Waals surface area contributed by atoms with Crippen molar-refractivity contribution in [3.63, 3.8) is 0 Å². The molecule has 0 aromatic carbocycles. The van der Waals surface area contributed by atoms with Gasteiger partial charge in [-0.1, -0.05) is 13.8 Å². The summed E-state index contributed by atoms with van der Waals surface area (Å²) in [6.45, 7) is 1.31. The summed E-state index contributed by atoms with van der Waals surface area (Å²) in [5.74, 6) is -7.06. The van der Waals surface area contributed by atoms with Crippen LogP contribution in [0.4, 0.5) is 43.9 Å². The van der Waals surface area contributed by atoms with Gasteiger partial charge in [-0.15, -0.1) is 0 Å². The smallest absolute Gasteiger partial charge is 0.450 e. The molecule has 3 nitrogen and oxygen atoms in total. The van der Waals surface area contributed by atoms with E-state index in [0.717, 1.165) is 0 Å². The van der Waals surface area contributed by atoms with E-state index < -0.39 is 49.3 Å². The van der Waals surface area contributed by atoms with Gasteiger partial charge in [0.25, 0.3) is 0 Å². The number of carbonyl (C=O) groups excluding carboxylic acids is 1. The Hall–Kier alpha value is -1.27. The summed E-state index contributed by atoms with van der Waals surface area (Å²) in [4.78, 5) is 10.9. The van der Waals surface area contributed by atoms with Crippen LogP contribution in [0.2, 0.25) is 0 Å². The van der Waals surface area contributed by atoms with E-state index in [-0.39, 0.29) is 0 Å². The minimum Gasteiger partial charge on any atom is -0.450 e. The molecular formula is C11H14F10O3. The Kier molecular flexibility index (Phi) is 9.65. The topological polar surface area (TPSA) is 46.5 Å². The Morgan fingerprint density at radius 2 is 1.50 bits per heavy atom. The molecule has 0 heterocycles. The minimum atomic E-state index is -5.94. The van der Waals surface area contributed by atoms with Crippen LogP contribution in [0.25, 0.3) is 0 Å². The van der Waals surface area contributed by atoms with Crippen LogP contribution in [-0.4, -0.2) is 48.5 Å². The molecule has 0 bridgehead atoms. The highest BCUT2D eigenvalue weighted by molar-refractivity contribution is 5.72. The summed E-state index contributed by atoms with van der Waals surface area (Å²) in [5, 5.41) is 7.39. The number of carbonyl (C=O) groups is 1. The molecule has 3 unspecified atom stereocenters. The predicted molar refractivity (Wildman–Crippen MR) is 59.5 cm³/mol. The summed E-state index contributed by atoms with van der Waals surface area (Å²) >= 11 is 0. The van der Waals surface area contributed by atoms with Gasteiger partial charge in [0.2, 0.25) is 6.10 Å². The molecule has 0 aliphatic rings. The summed E-state index contributed by atoms with van der Waals surface area (Å²) < 4.78 is 118. The van der Waals surface area contributed by atoms with Crippen LogP contribution >= 0.6 is 0 Å². The zero-order chi connectivity index (χ0) is 19.9. The van der Waals surface area contributed by atoms with Gasteiger partial charge < -0.3 is 9.84 Å². The molecule has 0 aromatic rings. The Morgan fingerprint density at radius 1 is 1.08 bits per heavy atom. The first kappa shape index (κ1) is 25.0. The molecule has 1 N–H and O–H groups in total. The molecule has 0 saturated carbocycles. The largest absolute Gasteiger partial charge is 0.454 e. The van der Waals surface area contributed by atoms with Gasteiger partial charge in [0, 0.05) is 0 Å². The normalized spacial score (nSPS) is 17.4. The number of alkyl halides is 10. The van der Waals surface area contributed by atoms with Crippen molar-refractivity contribution in [1.82, 2.24) is 0 Å². The molecule has 0 rings (SSSR count). The van der Waals surface area contributed by atoms with Crippen molar-refractivity contribution in [3.8, 4) is 0 Å². The fourth-order valence-electron chi connectivity index (χ4n) is 0.733. The number of ether oxygens (including phenoxy) is 1. The summed E-state index contributed by atoms with van der Waals surface area (Å²) in [5.41, 5.74) is 0. The van der Waals surface area contributed by atoms with Crippen LogP contribution in [-0.2, 0) is 9.53 Å². The number of halogens is 10. The highest BCUT2D eigenvalue weighted by atomic mass is 19.4. The molecule has 24 heavy (non-hydrogen) atoms. The van der Waals surface area contributed by atoms with Gasteiger partial charge in [-0.2, -0.15) is 30.7 Å². The highest BCUT2D eigenvalue weighted by Gasteiger charge is 2.62. The van der Waals surface area contributed by atoms with Crippen molar-refractivity contribution in [2.24, 2.45) is 5.92 Å². The van der Waals surface area contributed by atoms with Crippen LogP contribution in [0.3, 0.4) is 0 Å². The lowest BCUT2D eigenvalue weighted by molar-refractivity contribution is -0.352. The zero-order valence-corrected chi connectivity index (χ0v) is 12.2. The first-order chi connectivity index (χ1) is 10.5. The molecule has 146 valence electrons. The number of hydrogen-bond acceptors (Lipinski definition) is 3. The molecule has 0 aliphatic heterocycles. The van der Waals surface area contributed by atoms with Gasteiger partial charge in [0.15, 0.2) is 0 Å². The molecule has 0 amide bonds. The van der Waals surface area contributed by atoms with E-state index >= 15 is 0 Å². The maximum Gasteiger partial charge on any atom is 0.454 e. The van der Waals surface area contributed by atoms with Crippen molar-refractivity contribution in [2.45, 2.75) is 51.0 Å². The molecule has 0 aromatic heterocycles. The second kappa shape index (κ2) is 9.28. The van der Waals surface area contributed by atoms with E-state index in [0.29, 0.717) is 6.42 Å². The van der Waals surface area contributed by atoms with Crippen molar-refractivity contribution in [1.29, 1.82) is 0 Å². The van der Waals surface area contributed by atoms with Crippen molar-refractivity contribution in [3.05, 3.63) is 0 Å². The fraction of sp³-hybridized carbons (Fsp3) is 0.909. The Bertz CT molecular complexity index is 377. The van der Waals surface area contributed by atoms with Gasteiger partial charge in [0.1, 0.15) is 6.67 Å². The maximum atomic E-state index is 11.9. The Labute approximate surface area is 129 Å². The van der Waals surface area contributed by atoms with Gasteiger partial charge in [-0.3, -0.25) is 4.79 Å². The first-order valence-electron chi connectivity index (χ1n) is 6.11. The lowest BCUT2D eigenvalue weighted by atomic mass is 10.1. The van der Waals surface area contributed by atoms with E-state index in [9.17, 15) is 48.7 Å². The third kappa shape index (κ3) is 8.02. The lowest BCUT2D eigenvalue weighted by Crippen LogP contribution is -2.47. The van der Waals surface area contributed by atoms with Gasteiger partial charge >= 0.3 is 30.6 Å². The van der Waals surface area contributed by atoms with E-state index in [1.54, 1.807) is 6.92 Å². The number of hydrogen-bond donors (Lipinski definition) is 1. The van der Waals surface area contributed by atoms with E-state index in [4.69, 9.17) is 5.11 Å². The summed E-state index contributed by atoms with van der Waals surface area (Å²) in [6, 6.07) is 0. The molecule has 0 fully saturated rings. The van der Waals surface area contributed by atoms with Gasteiger partial charge in [0.05, 0.1) is 5.92 Å². The first-order valence-corrected chi connectivity index (χ1v) is 6.11. The molecule has 0 spiro atoms. The number of aliphatic hydroxyl groups is 1. The average Bonchev–Trinajstić information content (AvgIpc) is 2.41. The second-order valence-corrected chi connectivity index (χ2v) is 4.40. The highest BCUT2D eigenvalue weighted by Crippen LogP contribution is 2.36. The Morgan fingerprint density at radius 3 is 1.67 bits per heavy atom. The van der Waals surface area contributed by atoms with Crippen molar-refractivity contribution >= 4 is 5.97 Å². The minimum absolute atomic E-state index is 0.357. The van der Waals surface area contributed by atoms with Crippen LogP contribution in [0.15, 0.2) is 0 Å². The quantitative estimate of drug-likeness (QED) is 0.577. The van der Waals surface area contributed by atoms with E-state index in [1.165, 1.54) is 6.92 Å². The molecule has 0 saturated heterocycles. The lowest BCUT2D eigenvalue weighted by Gasteiger charge is -2.20. The van der Waals surface area contributed by atoms with Crippen LogP contribution < -0.4 is 0 Å². The predicted octanol–water partition coefficient (Wildman–Crippen LogP) is 3.95. The number of rotatable bonds is 5. The monoisotopic (exact) mass is 384 g/mol. The second-order valence-electron chi connectivity index (χ2n) is 4.40. The zero-order valence-electron chi connectivity index (χ0n) is 12.2. The molecule has 13 heteroatoms. The fourth-order valence-corrected chi connectivity index (χ4v) is 0.733. The molecule has 0 aliphatic carbocycles. The SMILES string of the molecule is CCC(C)C(=O)OC(CF)C(F)(F)F.OC(F)(C(F)F)C(F)(F)F. The van der Waals surface area contributed by atoms with Crippen LogP contribution in [0.1, 0.15) is 20.3 Å². The maximum absolute atomic E-state index is 11.9. The summed E-state index contributed by atoms with van der Waals surface area (Å²) in [7, 11) is 0.